The van der Waals surface area contributed by atoms with E-state index >= 15 is 0 Å². The molecule has 13 rings (SSSR count). The van der Waals surface area contributed by atoms with Gasteiger partial charge in [-0.2, -0.15) is 10.5 Å². The maximum absolute atomic E-state index is 11.2. The molecular formula is C64H58N4. The third-order valence-corrected chi connectivity index (χ3v) is 18.0. The molecule has 7 aromatic carbocycles. The maximum atomic E-state index is 11.2. The lowest BCUT2D eigenvalue weighted by atomic mass is 9.80. The van der Waals surface area contributed by atoms with Crippen molar-refractivity contribution in [3.8, 4) is 34.4 Å². The monoisotopic (exact) mass is 882 g/mol. The van der Waals surface area contributed by atoms with Crippen LogP contribution in [-0.2, 0) is 21.7 Å². The third kappa shape index (κ3) is 4.57. The van der Waals surface area contributed by atoms with Gasteiger partial charge < -0.3 is 8.80 Å². The van der Waals surface area contributed by atoms with Crippen molar-refractivity contribution in [2.45, 2.75) is 131 Å². The molecule has 4 heteroatoms. The number of aryl methyl sites for hydroxylation is 4. The highest BCUT2D eigenvalue weighted by Crippen LogP contribution is 2.61. The highest BCUT2D eigenvalue weighted by atomic mass is 15.0. The van der Waals surface area contributed by atoms with Crippen molar-refractivity contribution in [2.75, 3.05) is 0 Å². The summed E-state index contributed by atoms with van der Waals surface area (Å²) in [5.74, 6) is 0. The normalized spacial score (nSPS) is 17.0. The highest BCUT2D eigenvalue weighted by molar-refractivity contribution is 6.39. The van der Waals surface area contributed by atoms with Gasteiger partial charge in [0.05, 0.1) is 56.4 Å². The molecular weight excluding hydrogens is 825 g/mol. The molecule has 0 saturated carbocycles. The van der Waals surface area contributed by atoms with Crippen LogP contribution >= 0.6 is 0 Å². The van der Waals surface area contributed by atoms with Gasteiger partial charge in [-0.3, -0.25) is 0 Å². The minimum atomic E-state index is -0.152. The fraction of sp³-hybridized carbons (Fsp3) is 0.312. The number of benzene rings is 7. The van der Waals surface area contributed by atoms with Crippen LogP contribution in [0.5, 0.6) is 0 Å². The Bertz CT molecular complexity index is 3970. The number of rotatable bonds is 2. The van der Waals surface area contributed by atoms with E-state index in [2.05, 4.69) is 191 Å². The van der Waals surface area contributed by atoms with E-state index in [9.17, 15) is 10.5 Å². The molecule has 0 unspecified atom stereocenters. The van der Waals surface area contributed by atoms with Crippen LogP contribution in [0.15, 0.2) is 72.8 Å². The quantitative estimate of drug-likeness (QED) is 0.174. The summed E-state index contributed by atoms with van der Waals surface area (Å²) in [6.07, 6.45) is 1.95. The van der Waals surface area contributed by atoms with Gasteiger partial charge in [-0.1, -0.05) is 116 Å². The van der Waals surface area contributed by atoms with E-state index < -0.39 is 0 Å². The summed E-state index contributed by atoms with van der Waals surface area (Å²) >= 11 is 0. The van der Waals surface area contributed by atoms with Crippen molar-refractivity contribution in [3.05, 3.63) is 140 Å². The van der Waals surface area contributed by atoms with E-state index in [1.165, 1.54) is 143 Å². The zero-order chi connectivity index (χ0) is 47.8. The topological polar surface area (TPSA) is 56.4 Å². The average molecular weight is 883 g/mol. The van der Waals surface area contributed by atoms with Gasteiger partial charge in [0.25, 0.3) is 0 Å². The molecule has 4 nitrogen and oxygen atoms in total. The zero-order valence-electron chi connectivity index (χ0n) is 42.1. The molecule has 0 aliphatic heterocycles. The number of hydrogen-bond donors (Lipinski definition) is 0. The largest absolute Gasteiger partial charge is 0.307 e. The molecule has 0 amide bonds. The van der Waals surface area contributed by atoms with Crippen LogP contribution in [0.2, 0.25) is 0 Å². The second-order valence-electron chi connectivity index (χ2n) is 23.8. The molecule has 0 atom stereocenters. The first kappa shape index (κ1) is 41.3. The lowest BCUT2D eigenvalue weighted by Crippen LogP contribution is -2.18. The number of fused-ring (bicyclic) bond motifs is 16. The number of aromatic nitrogens is 2. The predicted octanol–water partition coefficient (Wildman–Crippen LogP) is 16.8. The van der Waals surface area contributed by atoms with Crippen LogP contribution in [0.1, 0.15) is 135 Å². The molecule has 4 heterocycles. The van der Waals surface area contributed by atoms with E-state index in [1.807, 2.05) is 0 Å². The maximum Gasteiger partial charge on any atom is 0.0995 e. The van der Waals surface area contributed by atoms with Gasteiger partial charge in [-0.25, -0.2) is 0 Å². The van der Waals surface area contributed by atoms with Gasteiger partial charge in [0.1, 0.15) is 0 Å². The van der Waals surface area contributed by atoms with Crippen molar-refractivity contribution in [1.82, 2.24) is 8.80 Å². The first-order chi connectivity index (χ1) is 32.2. The molecule has 0 saturated heterocycles. The summed E-state index contributed by atoms with van der Waals surface area (Å²) in [4.78, 5) is 0. The Morgan fingerprint density at radius 3 is 1.01 bits per heavy atom. The second kappa shape index (κ2) is 12.6. The molecule has 2 aliphatic rings. The van der Waals surface area contributed by atoms with Crippen LogP contribution in [0.25, 0.3) is 98.4 Å². The number of nitrogens with zero attached hydrogens (tertiary/aromatic N) is 4. The molecule has 334 valence electrons. The zero-order valence-corrected chi connectivity index (χ0v) is 42.1. The van der Waals surface area contributed by atoms with Crippen LogP contribution < -0.4 is 0 Å². The number of nitriles is 2. The van der Waals surface area contributed by atoms with Crippen molar-refractivity contribution < 1.29 is 0 Å². The Balaban J connectivity index is 1.44. The van der Waals surface area contributed by atoms with Crippen LogP contribution in [0.4, 0.5) is 0 Å². The van der Waals surface area contributed by atoms with E-state index in [1.54, 1.807) is 0 Å². The molecule has 0 N–H and O–H groups in total. The Labute approximate surface area is 399 Å². The van der Waals surface area contributed by atoms with Crippen LogP contribution in [0, 0.1) is 64.2 Å². The van der Waals surface area contributed by atoms with Gasteiger partial charge >= 0.3 is 0 Å². The molecule has 68 heavy (non-hydrogen) atoms. The third-order valence-electron chi connectivity index (χ3n) is 18.0. The van der Waals surface area contributed by atoms with Crippen LogP contribution in [-0.4, -0.2) is 8.80 Å². The summed E-state index contributed by atoms with van der Waals surface area (Å²) in [6, 6.07) is 32.3. The van der Waals surface area contributed by atoms with Gasteiger partial charge in [0, 0.05) is 54.2 Å². The molecule has 11 aromatic rings. The molecule has 0 radical (unpaired) electrons. The SMILES string of the molecule is Cc1c(C)c2c3c4c(c(C#N)cc3n3c5c(-c6ccccc6)c6c7c(C)c(C)c(C)c8c9c%10c(c(C#N)cc9n(c6c(-c6ccccc6)c5c(c1C)c23)c87)C(C)(C)CC%10(C)C)C(C)(C)CC4(C)C. The van der Waals surface area contributed by atoms with E-state index in [4.69, 9.17) is 0 Å². The van der Waals surface area contributed by atoms with Gasteiger partial charge in [0.15, 0.2) is 0 Å². The second-order valence-corrected chi connectivity index (χ2v) is 23.8. The van der Waals surface area contributed by atoms with Crippen LogP contribution in [0.3, 0.4) is 0 Å². The first-order valence-electron chi connectivity index (χ1n) is 24.7. The highest BCUT2D eigenvalue weighted by Gasteiger charge is 2.48. The van der Waals surface area contributed by atoms with Crippen molar-refractivity contribution in [2.24, 2.45) is 0 Å². The summed E-state index contributed by atoms with van der Waals surface area (Å²) in [6.45, 7) is 33.0. The van der Waals surface area contributed by atoms with Crippen molar-refractivity contribution >= 4 is 76.2 Å². The van der Waals surface area contributed by atoms with Crippen molar-refractivity contribution in [1.29, 1.82) is 10.5 Å². The van der Waals surface area contributed by atoms with Gasteiger partial charge in [-0.15, -0.1) is 0 Å². The first-order valence-corrected chi connectivity index (χ1v) is 24.7. The van der Waals surface area contributed by atoms with Gasteiger partial charge in [-0.05, 0) is 155 Å². The average Bonchev–Trinajstić information content (AvgIpc) is 4.08. The lowest BCUT2D eigenvalue weighted by molar-refractivity contribution is 0.403. The standard InChI is InChI=1S/C64H58N4/c1-31-33(3)43-49-41(25-39(27-65)53-55(49)63(11,12)29-61(53,7)8)67-57(43)45(35(31)5)51-47(37-21-17-15-18-22-37)60-52(48(59(51)67)38-23-19-16-20-24-38)46-36(6)32(2)34(4)44-50-42(68(60)58(44)46)26-40(28-66)54-56(50)64(13,14)30-62(54,9)10/h15-26H,29-30H2,1-14H3. The van der Waals surface area contributed by atoms with E-state index in [-0.39, 0.29) is 21.7 Å². The summed E-state index contributed by atoms with van der Waals surface area (Å²) in [5, 5.41) is 32.7. The molecule has 2 aliphatic carbocycles. The Kier molecular flexibility index (Phi) is 7.66. The van der Waals surface area contributed by atoms with Crippen molar-refractivity contribution in [3.63, 3.8) is 0 Å². The van der Waals surface area contributed by atoms with E-state index in [0.717, 1.165) is 35.0 Å². The smallest absolute Gasteiger partial charge is 0.0995 e. The summed E-state index contributed by atoms with van der Waals surface area (Å²) in [5.41, 5.74) is 25.8. The Morgan fingerprint density at radius 1 is 0.382 bits per heavy atom. The van der Waals surface area contributed by atoms with E-state index in [0.29, 0.717) is 0 Å². The molecule has 0 bridgehead atoms. The number of hydrogen-bond acceptors (Lipinski definition) is 2. The molecule has 4 aromatic heterocycles. The summed E-state index contributed by atoms with van der Waals surface area (Å²) < 4.78 is 5.24. The summed E-state index contributed by atoms with van der Waals surface area (Å²) in [7, 11) is 0. The minimum Gasteiger partial charge on any atom is -0.307 e. The fourth-order valence-corrected chi connectivity index (χ4v) is 15.8. The minimum absolute atomic E-state index is 0.148. The van der Waals surface area contributed by atoms with Gasteiger partial charge in [0.2, 0.25) is 0 Å². The lowest BCUT2D eigenvalue weighted by Gasteiger charge is -2.23. The molecule has 0 fully saturated rings. The predicted molar refractivity (Wildman–Crippen MR) is 286 cm³/mol. The Morgan fingerprint density at radius 2 is 0.691 bits per heavy atom. The fourth-order valence-electron chi connectivity index (χ4n) is 15.8. The molecule has 0 spiro atoms. The Hall–Kier alpha value is -6.88.